The smallest absolute Gasteiger partial charge is 0.331 e. The molecule has 0 radical (unpaired) electrons. The minimum absolute atomic E-state index is 0.167. The van der Waals surface area contributed by atoms with Crippen LogP contribution in [0.25, 0.3) is 6.08 Å². The predicted molar refractivity (Wildman–Crippen MR) is 102 cm³/mol. The van der Waals surface area contributed by atoms with Gasteiger partial charge in [0.1, 0.15) is 13.2 Å². The van der Waals surface area contributed by atoms with Gasteiger partial charge in [0.15, 0.2) is 17.6 Å². The molecule has 2 aliphatic rings. The molecular weight excluding hydrogens is 346 g/mol. The van der Waals surface area contributed by atoms with E-state index in [1.54, 1.807) is 25.1 Å². The van der Waals surface area contributed by atoms with Crippen molar-refractivity contribution in [2.75, 3.05) is 13.2 Å². The summed E-state index contributed by atoms with van der Waals surface area (Å²) in [6.45, 7) is 4.79. The first-order valence-electron chi connectivity index (χ1n) is 9.61. The first-order chi connectivity index (χ1) is 13.0. The molecule has 0 unspecified atom stereocenters. The molecule has 1 heterocycles. The summed E-state index contributed by atoms with van der Waals surface area (Å²) in [7, 11) is 0. The lowest BCUT2D eigenvalue weighted by atomic mass is 9.86. The van der Waals surface area contributed by atoms with Crippen LogP contribution < -0.4 is 14.8 Å². The van der Waals surface area contributed by atoms with Crippen molar-refractivity contribution in [3.05, 3.63) is 29.8 Å². The van der Waals surface area contributed by atoms with Gasteiger partial charge in [-0.05, 0) is 49.5 Å². The summed E-state index contributed by atoms with van der Waals surface area (Å²) < 4.78 is 16.2. The number of benzene rings is 1. The lowest BCUT2D eigenvalue weighted by Crippen LogP contribution is -2.45. The van der Waals surface area contributed by atoms with Gasteiger partial charge in [-0.2, -0.15) is 0 Å². The van der Waals surface area contributed by atoms with Crippen LogP contribution in [-0.4, -0.2) is 37.2 Å². The van der Waals surface area contributed by atoms with Gasteiger partial charge in [-0.25, -0.2) is 4.79 Å². The van der Waals surface area contributed by atoms with Crippen LogP contribution in [0.3, 0.4) is 0 Å². The Balaban J connectivity index is 1.50. The van der Waals surface area contributed by atoms with Crippen LogP contribution in [-0.2, 0) is 14.3 Å². The van der Waals surface area contributed by atoms with E-state index in [4.69, 9.17) is 14.2 Å². The Morgan fingerprint density at radius 1 is 1.19 bits per heavy atom. The normalized spacial score (nSPS) is 22.9. The van der Waals surface area contributed by atoms with Crippen LogP contribution in [0.4, 0.5) is 0 Å². The van der Waals surface area contributed by atoms with E-state index in [-0.39, 0.29) is 11.9 Å². The number of amides is 1. The molecule has 1 N–H and O–H groups in total. The second-order valence-electron chi connectivity index (χ2n) is 7.19. The van der Waals surface area contributed by atoms with Crippen molar-refractivity contribution in [2.24, 2.45) is 5.92 Å². The largest absolute Gasteiger partial charge is 0.486 e. The summed E-state index contributed by atoms with van der Waals surface area (Å²) >= 11 is 0. The van der Waals surface area contributed by atoms with Crippen LogP contribution >= 0.6 is 0 Å². The van der Waals surface area contributed by atoms with Gasteiger partial charge in [0.2, 0.25) is 0 Å². The molecule has 1 aliphatic heterocycles. The topological polar surface area (TPSA) is 73.9 Å². The Kier molecular flexibility index (Phi) is 6.37. The molecule has 6 heteroatoms. The molecule has 0 spiro atoms. The third-order valence-electron chi connectivity index (χ3n) is 5.08. The highest BCUT2D eigenvalue weighted by Gasteiger charge is 2.26. The van der Waals surface area contributed by atoms with E-state index in [0.717, 1.165) is 24.8 Å². The minimum atomic E-state index is -0.823. The van der Waals surface area contributed by atoms with E-state index in [2.05, 4.69) is 12.2 Å². The summed E-state index contributed by atoms with van der Waals surface area (Å²) in [5.74, 6) is 1.02. The van der Waals surface area contributed by atoms with Crippen molar-refractivity contribution in [2.45, 2.75) is 51.7 Å². The van der Waals surface area contributed by atoms with Gasteiger partial charge in [0, 0.05) is 12.1 Å². The van der Waals surface area contributed by atoms with Crippen LogP contribution in [0.5, 0.6) is 11.5 Å². The number of rotatable bonds is 5. The van der Waals surface area contributed by atoms with Crippen molar-refractivity contribution < 1.29 is 23.8 Å². The Labute approximate surface area is 159 Å². The molecule has 146 valence electrons. The van der Waals surface area contributed by atoms with Crippen LogP contribution in [0, 0.1) is 5.92 Å². The number of carbonyl (C=O) groups is 2. The first kappa shape index (κ1) is 19.3. The van der Waals surface area contributed by atoms with E-state index < -0.39 is 12.1 Å². The van der Waals surface area contributed by atoms with Gasteiger partial charge in [-0.3, -0.25) is 4.79 Å². The fraction of sp³-hybridized carbons (Fsp3) is 0.524. The molecule has 1 saturated carbocycles. The van der Waals surface area contributed by atoms with Crippen molar-refractivity contribution in [3.63, 3.8) is 0 Å². The van der Waals surface area contributed by atoms with Gasteiger partial charge >= 0.3 is 5.97 Å². The molecule has 1 aromatic carbocycles. The molecule has 0 saturated heterocycles. The van der Waals surface area contributed by atoms with E-state index in [1.807, 2.05) is 6.07 Å². The third kappa shape index (κ3) is 5.25. The maximum atomic E-state index is 12.3. The van der Waals surface area contributed by atoms with Crippen LogP contribution in [0.2, 0.25) is 0 Å². The number of hydrogen-bond donors (Lipinski definition) is 1. The highest BCUT2D eigenvalue weighted by atomic mass is 16.6. The molecule has 0 aromatic heterocycles. The molecular formula is C21H27NO5. The third-order valence-corrected chi connectivity index (χ3v) is 5.08. The van der Waals surface area contributed by atoms with E-state index in [1.165, 1.54) is 12.5 Å². The fourth-order valence-electron chi connectivity index (χ4n) is 3.43. The second-order valence-corrected chi connectivity index (χ2v) is 7.19. The van der Waals surface area contributed by atoms with Gasteiger partial charge in [-0.15, -0.1) is 0 Å². The molecule has 1 amide bonds. The zero-order valence-corrected chi connectivity index (χ0v) is 15.9. The molecule has 3 atom stereocenters. The minimum Gasteiger partial charge on any atom is -0.486 e. The Hall–Kier alpha value is -2.50. The lowest BCUT2D eigenvalue weighted by molar-refractivity contribution is -0.150. The summed E-state index contributed by atoms with van der Waals surface area (Å²) in [5.41, 5.74) is 0.796. The highest BCUT2D eigenvalue weighted by Crippen LogP contribution is 2.31. The van der Waals surface area contributed by atoms with Gasteiger partial charge in [0.05, 0.1) is 0 Å². The van der Waals surface area contributed by atoms with Gasteiger partial charge in [0.25, 0.3) is 5.91 Å². The summed E-state index contributed by atoms with van der Waals surface area (Å²) in [4.78, 5) is 24.3. The first-order valence-corrected chi connectivity index (χ1v) is 9.61. The standard InChI is InChI=1S/C21H27NO5/c1-14-5-3-4-6-17(14)22-21(24)15(2)27-20(23)10-8-16-7-9-18-19(13-16)26-12-11-25-18/h7-10,13-15,17H,3-6,11-12H2,1-2H3,(H,22,24)/b10-8+/t14-,15+,17-/m0/s1. The van der Waals surface area contributed by atoms with E-state index >= 15 is 0 Å². The molecule has 6 nitrogen and oxygen atoms in total. The number of carbonyl (C=O) groups excluding carboxylic acids is 2. The Morgan fingerprint density at radius 2 is 1.93 bits per heavy atom. The maximum Gasteiger partial charge on any atom is 0.331 e. The summed E-state index contributed by atoms with van der Waals surface area (Å²) in [6.07, 6.45) is 6.57. The van der Waals surface area contributed by atoms with Crippen molar-refractivity contribution in [1.29, 1.82) is 0 Å². The lowest BCUT2D eigenvalue weighted by Gasteiger charge is -2.30. The highest BCUT2D eigenvalue weighted by molar-refractivity contribution is 5.90. The van der Waals surface area contributed by atoms with E-state index in [9.17, 15) is 9.59 Å². The van der Waals surface area contributed by atoms with Crippen molar-refractivity contribution in [1.82, 2.24) is 5.32 Å². The zero-order valence-electron chi connectivity index (χ0n) is 15.9. The van der Waals surface area contributed by atoms with E-state index in [0.29, 0.717) is 30.6 Å². The number of nitrogens with one attached hydrogen (secondary N) is 1. The zero-order chi connectivity index (χ0) is 19.2. The molecule has 1 fully saturated rings. The monoisotopic (exact) mass is 373 g/mol. The maximum absolute atomic E-state index is 12.3. The quantitative estimate of drug-likeness (QED) is 0.634. The average Bonchev–Trinajstić information content (AvgIpc) is 2.68. The number of ether oxygens (including phenoxy) is 3. The van der Waals surface area contributed by atoms with Gasteiger partial charge < -0.3 is 19.5 Å². The second kappa shape index (κ2) is 8.93. The van der Waals surface area contributed by atoms with Gasteiger partial charge in [-0.1, -0.05) is 25.8 Å². The molecule has 27 heavy (non-hydrogen) atoms. The fourth-order valence-corrected chi connectivity index (χ4v) is 3.43. The summed E-state index contributed by atoms with van der Waals surface area (Å²) in [5, 5.41) is 3.01. The molecule has 1 aliphatic carbocycles. The van der Waals surface area contributed by atoms with Crippen molar-refractivity contribution in [3.8, 4) is 11.5 Å². The molecule has 3 rings (SSSR count). The Morgan fingerprint density at radius 3 is 2.70 bits per heavy atom. The van der Waals surface area contributed by atoms with Crippen LogP contribution in [0.1, 0.15) is 45.1 Å². The predicted octanol–water partition coefficient (Wildman–Crippen LogP) is 3.10. The summed E-state index contributed by atoms with van der Waals surface area (Å²) in [6, 6.07) is 5.61. The number of fused-ring (bicyclic) bond motifs is 1. The van der Waals surface area contributed by atoms with Crippen molar-refractivity contribution >= 4 is 18.0 Å². The average molecular weight is 373 g/mol. The Bertz CT molecular complexity index is 715. The molecule has 1 aromatic rings. The number of esters is 1. The SMILES string of the molecule is C[C@@H](OC(=O)/C=C/c1ccc2c(c1)OCCO2)C(=O)N[C@H]1CCCC[C@@H]1C. The number of hydrogen-bond acceptors (Lipinski definition) is 5. The van der Waals surface area contributed by atoms with Crippen LogP contribution in [0.15, 0.2) is 24.3 Å². The molecule has 0 bridgehead atoms.